The molecule has 1 aromatic heterocycles. The lowest BCUT2D eigenvalue weighted by molar-refractivity contribution is 0.0696. The summed E-state index contributed by atoms with van der Waals surface area (Å²) in [7, 11) is 0. The predicted molar refractivity (Wildman–Crippen MR) is 64.1 cm³/mol. The van der Waals surface area contributed by atoms with Crippen molar-refractivity contribution in [1.29, 1.82) is 0 Å². The van der Waals surface area contributed by atoms with Gasteiger partial charge in [0.2, 0.25) is 0 Å². The maximum absolute atomic E-state index is 13.3. The summed E-state index contributed by atoms with van der Waals surface area (Å²) in [5, 5.41) is 8.87. The first-order chi connectivity index (χ1) is 8.60. The molecule has 0 aliphatic carbocycles. The van der Waals surface area contributed by atoms with Crippen LogP contribution in [0.15, 0.2) is 30.6 Å². The molecule has 5 heteroatoms. The van der Waals surface area contributed by atoms with E-state index in [1.54, 1.807) is 12.4 Å². The Morgan fingerprint density at radius 3 is 2.89 bits per heavy atom. The maximum Gasteiger partial charge on any atom is 0.335 e. The highest BCUT2D eigenvalue weighted by atomic mass is 19.1. The second-order valence-electron chi connectivity index (χ2n) is 3.98. The van der Waals surface area contributed by atoms with Crippen molar-refractivity contribution in [3.8, 4) is 0 Å². The SMILES string of the molecule is CCc1nccn1Cc1cc(F)cc(C(=O)O)c1. The van der Waals surface area contributed by atoms with Crippen molar-refractivity contribution >= 4 is 5.97 Å². The number of benzene rings is 1. The summed E-state index contributed by atoms with van der Waals surface area (Å²) in [6.07, 6.45) is 4.24. The number of aromatic nitrogens is 2. The lowest BCUT2D eigenvalue weighted by Gasteiger charge is -2.07. The molecule has 0 aliphatic rings. The Hall–Kier alpha value is -2.17. The summed E-state index contributed by atoms with van der Waals surface area (Å²) >= 11 is 0. The van der Waals surface area contributed by atoms with Crippen LogP contribution in [0, 0.1) is 5.82 Å². The fraction of sp³-hybridized carbons (Fsp3) is 0.231. The van der Waals surface area contributed by atoms with Gasteiger partial charge in [0.25, 0.3) is 0 Å². The molecule has 0 saturated heterocycles. The molecule has 4 nitrogen and oxygen atoms in total. The highest BCUT2D eigenvalue weighted by Crippen LogP contribution is 2.12. The van der Waals surface area contributed by atoms with Gasteiger partial charge in [-0.1, -0.05) is 6.92 Å². The summed E-state index contributed by atoms with van der Waals surface area (Å²) in [6, 6.07) is 3.83. The first-order valence-corrected chi connectivity index (χ1v) is 5.63. The number of hydrogen-bond donors (Lipinski definition) is 1. The van der Waals surface area contributed by atoms with Crippen LogP contribution in [-0.2, 0) is 13.0 Å². The molecule has 0 atom stereocenters. The van der Waals surface area contributed by atoms with Crippen molar-refractivity contribution < 1.29 is 14.3 Å². The zero-order chi connectivity index (χ0) is 13.1. The van der Waals surface area contributed by atoms with Crippen LogP contribution >= 0.6 is 0 Å². The van der Waals surface area contributed by atoms with Crippen LogP contribution in [0.1, 0.15) is 28.7 Å². The number of carboxylic acid groups (broad SMARTS) is 1. The molecule has 94 valence electrons. The lowest BCUT2D eigenvalue weighted by Crippen LogP contribution is -2.05. The average Bonchev–Trinajstić information content (AvgIpc) is 2.75. The molecule has 2 aromatic rings. The van der Waals surface area contributed by atoms with Crippen molar-refractivity contribution in [1.82, 2.24) is 9.55 Å². The van der Waals surface area contributed by atoms with Crippen molar-refractivity contribution in [2.75, 3.05) is 0 Å². The number of hydrogen-bond acceptors (Lipinski definition) is 2. The highest BCUT2D eigenvalue weighted by Gasteiger charge is 2.08. The molecule has 0 saturated carbocycles. The Kier molecular flexibility index (Phi) is 3.41. The molecule has 0 amide bonds. The maximum atomic E-state index is 13.3. The van der Waals surface area contributed by atoms with Crippen LogP contribution < -0.4 is 0 Å². The number of aromatic carboxylic acids is 1. The standard InChI is InChI=1S/C13H13FN2O2/c1-2-12-15-3-4-16(12)8-9-5-10(13(17)18)7-11(14)6-9/h3-7H,2,8H2,1H3,(H,17,18). The number of carbonyl (C=O) groups is 1. The Balaban J connectivity index is 2.32. The van der Waals surface area contributed by atoms with E-state index in [9.17, 15) is 9.18 Å². The fourth-order valence-corrected chi connectivity index (χ4v) is 1.86. The van der Waals surface area contributed by atoms with Crippen LogP contribution in [-0.4, -0.2) is 20.6 Å². The van der Waals surface area contributed by atoms with Gasteiger partial charge in [0.05, 0.1) is 5.56 Å². The third-order valence-corrected chi connectivity index (χ3v) is 2.68. The van der Waals surface area contributed by atoms with Crippen molar-refractivity contribution in [3.05, 3.63) is 53.4 Å². The molecule has 1 heterocycles. The van der Waals surface area contributed by atoms with Gasteiger partial charge in [-0.15, -0.1) is 0 Å². The number of rotatable bonds is 4. The van der Waals surface area contributed by atoms with Gasteiger partial charge in [-0.2, -0.15) is 0 Å². The molecule has 2 rings (SSSR count). The molecule has 0 spiro atoms. The van der Waals surface area contributed by atoms with E-state index in [0.717, 1.165) is 18.3 Å². The first-order valence-electron chi connectivity index (χ1n) is 5.63. The van der Waals surface area contributed by atoms with Crippen molar-refractivity contribution in [2.24, 2.45) is 0 Å². The monoisotopic (exact) mass is 248 g/mol. The summed E-state index contributed by atoms with van der Waals surface area (Å²) in [6.45, 7) is 2.40. The molecular formula is C13H13FN2O2. The van der Waals surface area contributed by atoms with Gasteiger partial charge < -0.3 is 9.67 Å². The van der Waals surface area contributed by atoms with Gasteiger partial charge in [0.1, 0.15) is 11.6 Å². The lowest BCUT2D eigenvalue weighted by atomic mass is 10.1. The minimum absolute atomic E-state index is 0.0387. The van der Waals surface area contributed by atoms with Crippen LogP contribution in [0.3, 0.4) is 0 Å². The Morgan fingerprint density at radius 2 is 2.22 bits per heavy atom. The zero-order valence-electron chi connectivity index (χ0n) is 9.93. The van der Waals surface area contributed by atoms with Crippen LogP contribution in [0.2, 0.25) is 0 Å². The van der Waals surface area contributed by atoms with E-state index < -0.39 is 11.8 Å². The second kappa shape index (κ2) is 5.00. The van der Waals surface area contributed by atoms with Gasteiger partial charge >= 0.3 is 5.97 Å². The summed E-state index contributed by atoms with van der Waals surface area (Å²) in [5.41, 5.74) is 0.572. The van der Waals surface area contributed by atoms with Crippen LogP contribution in [0.5, 0.6) is 0 Å². The predicted octanol–water partition coefficient (Wildman–Crippen LogP) is 2.33. The van der Waals surface area contributed by atoms with E-state index >= 15 is 0 Å². The van der Waals surface area contributed by atoms with Gasteiger partial charge in [-0.25, -0.2) is 14.2 Å². The van der Waals surface area contributed by atoms with Crippen molar-refractivity contribution in [2.45, 2.75) is 19.9 Å². The van der Waals surface area contributed by atoms with E-state index in [1.807, 2.05) is 11.5 Å². The topological polar surface area (TPSA) is 55.1 Å². The van der Waals surface area contributed by atoms with Crippen molar-refractivity contribution in [3.63, 3.8) is 0 Å². The molecule has 0 bridgehead atoms. The fourth-order valence-electron chi connectivity index (χ4n) is 1.86. The molecule has 1 N–H and O–H groups in total. The number of nitrogens with zero attached hydrogens (tertiary/aromatic N) is 2. The molecular weight excluding hydrogens is 235 g/mol. The highest BCUT2D eigenvalue weighted by molar-refractivity contribution is 5.87. The van der Waals surface area contributed by atoms with Crippen LogP contribution in [0.4, 0.5) is 4.39 Å². The summed E-state index contributed by atoms with van der Waals surface area (Å²) < 4.78 is 15.2. The Morgan fingerprint density at radius 1 is 1.44 bits per heavy atom. The summed E-state index contributed by atoms with van der Waals surface area (Å²) in [5.74, 6) is -0.781. The largest absolute Gasteiger partial charge is 0.478 e. The van der Waals surface area contributed by atoms with Gasteiger partial charge in [-0.3, -0.25) is 0 Å². The third-order valence-electron chi connectivity index (χ3n) is 2.68. The smallest absolute Gasteiger partial charge is 0.335 e. The minimum atomic E-state index is -1.13. The normalized spacial score (nSPS) is 10.6. The van der Waals surface area contributed by atoms with Crippen LogP contribution in [0.25, 0.3) is 0 Å². The minimum Gasteiger partial charge on any atom is -0.478 e. The van der Waals surface area contributed by atoms with E-state index in [2.05, 4.69) is 4.98 Å². The second-order valence-corrected chi connectivity index (χ2v) is 3.98. The molecule has 0 radical (unpaired) electrons. The van der Waals surface area contributed by atoms with Gasteiger partial charge in [-0.05, 0) is 23.8 Å². The Bertz CT molecular complexity index is 578. The number of halogens is 1. The molecule has 0 aliphatic heterocycles. The zero-order valence-corrected chi connectivity index (χ0v) is 9.93. The molecule has 18 heavy (non-hydrogen) atoms. The van der Waals surface area contributed by atoms with E-state index in [-0.39, 0.29) is 5.56 Å². The van der Waals surface area contributed by atoms with E-state index in [1.165, 1.54) is 12.1 Å². The molecule has 0 fully saturated rings. The molecule has 0 unspecified atom stereocenters. The summed E-state index contributed by atoms with van der Waals surface area (Å²) in [4.78, 5) is 15.0. The number of aryl methyl sites for hydroxylation is 1. The number of imidazole rings is 1. The van der Waals surface area contributed by atoms with E-state index in [4.69, 9.17) is 5.11 Å². The number of carboxylic acids is 1. The molecule has 1 aromatic carbocycles. The first kappa shape index (κ1) is 12.3. The van der Waals surface area contributed by atoms with Gasteiger partial charge in [0, 0.05) is 25.4 Å². The average molecular weight is 248 g/mol. The quantitative estimate of drug-likeness (QED) is 0.903. The third kappa shape index (κ3) is 2.56. The van der Waals surface area contributed by atoms with E-state index in [0.29, 0.717) is 12.1 Å². The van der Waals surface area contributed by atoms with Gasteiger partial charge in [0.15, 0.2) is 0 Å². The Labute approximate surface area is 104 Å².